The first-order valence-corrected chi connectivity index (χ1v) is 9.78. The summed E-state index contributed by atoms with van der Waals surface area (Å²) < 4.78 is 7.01. The van der Waals surface area contributed by atoms with E-state index in [1.807, 2.05) is 17.5 Å². The Morgan fingerprint density at radius 1 is 1.35 bits per heavy atom. The number of methoxy groups -OCH3 is 1. The van der Waals surface area contributed by atoms with Gasteiger partial charge in [-0.15, -0.1) is 11.3 Å². The van der Waals surface area contributed by atoms with E-state index < -0.39 is 11.9 Å². The standard InChI is InChI=1S/C17H12Cl2N2O3S2/c1-24-15(23)9-21-16-12(19)7-10(18)8-13(16)26-17(21)20-14(22)5-4-11-3-2-6-25-11/h2-8H,9H2,1H3/b5-4+,20-17?. The number of hydrogen-bond donors (Lipinski definition) is 0. The molecule has 0 radical (unpaired) electrons. The van der Waals surface area contributed by atoms with Crippen LogP contribution >= 0.6 is 45.9 Å². The van der Waals surface area contributed by atoms with E-state index in [9.17, 15) is 9.59 Å². The van der Waals surface area contributed by atoms with Gasteiger partial charge in [0.15, 0.2) is 4.80 Å². The van der Waals surface area contributed by atoms with E-state index in [-0.39, 0.29) is 6.54 Å². The third kappa shape index (κ3) is 4.24. The highest BCUT2D eigenvalue weighted by Gasteiger charge is 2.15. The first kappa shape index (κ1) is 18.8. The lowest BCUT2D eigenvalue weighted by Crippen LogP contribution is -2.22. The lowest BCUT2D eigenvalue weighted by atomic mass is 10.3. The molecule has 1 aromatic carbocycles. The van der Waals surface area contributed by atoms with Gasteiger partial charge in [0.25, 0.3) is 5.91 Å². The molecule has 0 saturated heterocycles. The lowest BCUT2D eigenvalue weighted by molar-refractivity contribution is -0.141. The molecule has 26 heavy (non-hydrogen) atoms. The van der Waals surface area contributed by atoms with E-state index >= 15 is 0 Å². The number of hydrogen-bond acceptors (Lipinski definition) is 5. The highest BCUT2D eigenvalue weighted by Crippen LogP contribution is 2.29. The quantitative estimate of drug-likeness (QED) is 0.459. The summed E-state index contributed by atoms with van der Waals surface area (Å²) in [5, 5.41) is 2.75. The average Bonchev–Trinajstić information content (AvgIpc) is 3.21. The van der Waals surface area contributed by atoms with Crippen molar-refractivity contribution in [3.63, 3.8) is 0 Å². The molecule has 0 aliphatic carbocycles. The largest absolute Gasteiger partial charge is 0.468 e. The molecule has 2 aromatic heterocycles. The van der Waals surface area contributed by atoms with Gasteiger partial charge in [0, 0.05) is 16.0 Å². The van der Waals surface area contributed by atoms with E-state index in [0.717, 1.165) is 9.58 Å². The van der Waals surface area contributed by atoms with Crippen LogP contribution in [0.3, 0.4) is 0 Å². The highest BCUT2D eigenvalue weighted by molar-refractivity contribution is 7.16. The molecule has 0 aliphatic heterocycles. The maximum Gasteiger partial charge on any atom is 0.325 e. The Labute approximate surface area is 166 Å². The van der Waals surface area contributed by atoms with Crippen molar-refractivity contribution < 1.29 is 14.3 Å². The van der Waals surface area contributed by atoms with Crippen molar-refractivity contribution in [1.82, 2.24) is 4.57 Å². The zero-order valence-electron chi connectivity index (χ0n) is 13.4. The molecule has 9 heteroatoms. The minimum Gasteiger partial charge on any atom is -0.468 e. The number of thiazole rings is 1. The monoisotopic (exact) mass is 426 g/mol. The van der Waals surface area contributed by atoms with Crippen LogP contribution in [0.15, 0.2) is 40.7 Å². The minimum absolute atomic E-state index is 0.112. The molecule has 0 fully saturated rings. The topological polar surface area (TPSA) is 60.7 Å². The van der Waals surface area contributed by atoms with Gasteiger partial charge in [-0.25, -0.2) is 0 Å². The predicted molar refractivity (Wildman–Crippen MR) is 106 cm³/mol. The summed E-state index contributed by atoms with van der Waals surface area (Å²) in [6.07, 6.45) is 3.08. The number of benzene rings is 1. The van der Waals surface area contributed by atoms with Gasteiger partial charge < -0.3 is 9.30 Å². The van der Waals surface area contributed by atoms with Crippen molar-refractivity contribution >= 4 is 74.0 Å². The van der Waals surface area contributed by atoms with E-state index in [2.05, 4.69) is 4.99 Å². The Morgan fingerprint density at radius 3 is 2.85 bits per heavy atom. The Balaban J connectivity index is 2.08. The number of halogens is 2. The molecule has 0 aliphatic rings. The number of thiophene rings is 1. The van der Waals surface area contributed by atoms with Gasteiger partial charge >= 0.3 is 5.97 Å². The normalized spacial score (nSPS) is 12.2. The maximum atomic E-state index is 12.2. The maximum absolute atomic E-state index is 12.2. The van der Waals surface area contributed by atoms with Crippen molar-refractivity contribution in [1.29, 1.82) is 0 Å². The summed E-state index contributed by atoms with van der Waals surface area (Å²) in [6.45, 7) is -0.112. The Kier molecular flexibility index (Phi) is 5.93. The average molecular weight is 427 g/mol. The van der Waals surface area contributed by atoms with Crippen LogP contribution in [-0.2, 0) is 20.9 Å². The Morgan fingerprint density at radius 2 is 2.15 bits per heavy atom. The summed E-state index contributed by atoms with van der Waals surface area (Å²) in [7, 11) is 1.29. The molecule has 0 atom stereocenters. The van der Waals surface area contributed by atoms with Crippen molar-refractivity contribution in [3.8, 4) is 0 Å². The van der Waals surface area contributed by atoms with Crippen molar-refractivity contribution in [3.05, 3.63) is 55.4 Å². The lowest BCUT2D eigenvalue weighted by Gasteiger charge is -2.05. The van der Waals surface area contributed by atoms with E-state index in [4.69, 9.17) is 27.9 Å². The Bertz CT molecular complexity index is 1070. The molecular weight excluding hydrogens is 415 g/mol. The van der Waals surface area contributed by atoms with Crippen molar-refractivity contribution in [2.75, 3.05) is 7.11 Å². The molecule has 0 N–H and O–H groups in total. The smallest absolute Gasteiger partial charge is 0.325 e. The molecule has 3 aromatic rings. The molecule has 3 rings (SSSR count). The molecule has 134 valence electrons. The van der Waals surface area contributed by atoms with Crippen LogP contribution in [0, 0.1) is 0 Å². The van der Waals surface area contributed by atoms with Gasteiger partial charge in [-0.2, -0.15) is 4.99 Å². The Hall–Kier alpha value is -1.93. The van der Waals surface area contributed by atoms with Gasteiger partial charge in [-0.05, 0) is 29.7 Å². The summed E-state index contributed by atoms with van der Waals surface area (Å²) in [5.74, 6) is -0.912. The zero-order chi connectivity index (χ0) is 18.7. The zero-order valence-corrected chi connectivity index (χ0v) is 16.6. The molecule has 0 spiro atoms. The molecule has 0 bridgehead atoms. The van der Waals surface area contributed by atoms with E-state index in [0.29, 0.717) is 20.4 Å². The van der Waals surface area contributed by atoms with Crippen LogP contribution in [0.4, 0.5) is 0 Å². The number of carbonyl (C=O) groups is 2. The van der Waals surface area contributed by atoms with Crippen LogP contribution in [0.5, 0.6) is 0 Å². The van der Waals surface area contributed by atoms with E-state index in [1.165, 1.54) is 35.9 Å². The van der Waals surface area contributed by atoms with Gasteiger partial charge in [0.2, 0.25) is 0 Å². The van der Waals surface area contributed by atoms with Crippen LogP contribution in [-0.4, -0.2) is 23.6 Å². The van der Waals surface area contributed by atoms with Crippen molar-refractivity contribution in [2.45, 2.75) is 6.54 Å². The summed E-state index contributed by atoms with van der Waals surface area (Å²) in [4.78, 5) is 29.4. The fourth-order valence-corrected chi connectivity index (χ4v) is 4.66. The first-order valence-electron chi connectivity index (χ1n) is 7.33. The number of ether oxygens (including phenoxy) is 1. The highest BCUT2D eigenvalue weighted by atomic mass is 35.5. The van der Waals surface area contributed by atoms with Crippen LogP contribution in [0.25, 0.3) is 16.3 Å². The van der Waals surface area contributed by atoms with E-state index in [1.54, 1.807) is 22.8 Å². The van der Waals surface area contributed by atoms with Gasteiger partial charge in [0.1, 0.15) is 6.54 Å². The van der Waals surface area contributed by atoms with Crippen LogP contribution < -0.4 is 4.80 Å². The van der Waals surface area contributed by atoms with Crippen LogP contribution in [0.2, 0.25) is 10.0 Å². The molecular formula is C17H12Cl2N2O3S2. The van der Waals surface area contributed by atoms with Gasteiger partial charge in [0.05, 0.1) is 22.3 Å². The number of fused-ring (bicyclic) bond motifs is 1. The predicted octanol–water partition coefficient (Wildman–Crippen LogP) is 4.38. The minimum atomic E-state index is -0.473. The van der Waals surface area contributed by atoms with Crippen LogP contribution in [0.1, 0.15) is 4.88 Å². The van der Waals surface area contributed by atoms with Crippen molar-refractivity contribution in [2.24, 2.45) is 4.99 Å². The number of aromatic nitrogens is 1. The first-order chi connectivity index (χ1) is 12.5. The molecule has 2 heterocycles. The van der Waals surface area contributed by atoms with Gasteiger partial charge in [-0.1, -0.05) is 40.6 Å². The number of amides is 1. The fourth-order valence-electron chi connectivity index (χ4n) is 2.23. The SMILES string of the molecule is COC(=O)Cn1c(=NC(=O)/C=C/c2cccs2)sc2cc(Cl)cc(Cl)c21. The molecule has 5 nitrogen and oxygen atoms in total. The molecule has 1 amide bonds. The number of nitrogens with zero attached hydrogens (tertiary/aromatic N) is 2. The number of rotatable bonds is 4. The second kappa shape index (κ2) is 8.18. The number of carbonyl (C=O) groups excluding carboxylic acids is 2. The third-order valence-corrected chi connectivity index (χ3v) is 5.72. The summed E-state index contributed by atoms with van der Waals surface area (Å²) in [5.41, 5.74) is 0.584. The molecule has 0 saturated carbocycles. The summed E-state index contributed by atoms with van der Waals surface area (Å²) >= 11 is 15.1. The fraction of sp³-hybridized carbons (Fsp3) is 0.118. The second-order valence-electron chi connectivity index (χ2n) is 5.08. The molecule has 0 unspecified atom stereocenters. The van der Waals surface area contributed by atoms with Gasteiger partial charge in [-0.3, -0.25) is 9.59 Å². The second-order valence-corrected chi connectivity index (χ2v) is 7.91. The number of esters is 1. The summed E-state index contributed by atoms with van der Waals surface area (Å²) in [6, 6.07) is 7.08. The third-order valence-electron chi connectivity index (χ3n) is 3.35.